The van der Waals surface area contributed by atoms with E-state index in [1.54, 1.807) is 42.3 Å². The van der Waals surface area contributed by atoms with E-state index in [-0.39, 0.29) is 11.7 Å². The Kier molecular flexibility index (Phi) is 6.71. The standard InChI is InChI=1S/C21H19F3N2O3S/c1-3-11-26-19(27)18(13-14-5-4-6-17(12-14)29-21(22,23)24)30-20(26)25-15-7-9-16(28-2)10-8-15/h4-10,12-13H,3,11H2,1-2H3/b18-13-,25-20?. The number of carbonyl (C=O) groups excluding carboxylic acids is 1. The van der Waals surface area contributed by atoms with Crippen molar-refractivity contribution in [2.75, 3.05) is 13.7 Å². The first kappa shape index (κ1) is 21.8. The fourth-order valence-electron chi connectivity index (χ4n) is 2.73. The molecule has 1 heterocycles. The first-order chi connectivity index (χ1) is 14.3. The topological polar surface area (TPSA) is 51.1 Å². The molecule has 0 atom stereocenters. The molecule has 0 radical (unpaired) electrons. The van der Waals surface area contributed by atoms with Crippen molar-refractivity contribution in [1.82, 2.24) is 4.90 Å². The van der Waals surface area contributed by atoms with Crippen molar-refractivity contribution < 1.29 is 27.4 Å². The Morgan fingerprint density at radius 1 is 1.13 bits per heavy atom. The van der Waals surface area contributed by atoms with Crippen molar-refractivity contribution in [3.63, 3.8) is 0 Å². The van der Waals surface area contributed by atoms with Crippen LogP contribution in [0.15, 0.2) is 58.4 Å². The van der Waals surface area contributed by atoms with Gasteiger partial charge in [-0.3, -0.25) is 9.69 Å². The maximum atomic E-state index is 12.8. The molecule has 3 rings (SSSR count). The molecule has 1 saturated heterocycles. The quantitative estimate of drug-likeness (QED) is 0.553. The molecule has 9 heteroatoms. The van der Waals surface area contributed by atoms with Crippen molar-refractivity contribution >= 4 is 34.6 Å². The zero-order valence-electron chi connectivity index (χ0n) is 16.3. The van der Waals surface area contributed by atoms with Crippen LogP contribution in [-0.4, -0.2) is 36.0 Å². The number of alkyl halides is 3. The lowest BCUT2D eigenvalue weighted by atomic mass is 10.2. The summed E-state index contributed by atoms with van der Waals surface area (Å²) < 4.78 is 46.4. The van der Waals surface area contributed by atoms with E-state index in [9.17, 15) is 18.0 Å². The monoisotopic (exact) mass is 436 g/mol. The lowest BCUT2D eigenvalue weighted by molar-refractivity contribution is -0.274. The Morgan fingerprint density at radius 3 is 2.50 bits per heavy atom. The van der Waals surface area contributed by atoms with Crippen molar-refractivity contribution in [2.24, 2.45) is 4.99 Å². The minimum atomic E-state index is -4.78. The van der Waals surface area contributed by atoms with Gasteiger partial charge in [0, 0.05) is 6.54 Å². The molecule has 1 aliphatic heterocycles. The molecule has 5 nitrogen and oxygen atoms in total. The summed E-state index contributed by atoms with van der Waals surface area (Å²) >= 11 is 1.18. The molecule has 158 valence electrons. The van der Waals surface area contributed by atoms with E-state index in [1.165, 1.54) is 36.0 Å². The predicted molar refractivity (Wildman–Crippen MR) is 111 cm³/mol. The number of amidine groups is 1. The predicted octanol–water partition coefficient (Wildman–Crippen LogP) is 5.61. The number of halogens is 3. The van der Waals surface area contributed by atoms with Crippen molar-refractivity contribution in [3.8, 4) is 11.5 Å². The zero-order valence-corrected chi connectivity index (χ0v) is 17.1. The van der Waals surface area contributed by atoms with Crippen molar-refractivity contribution in [2.45, 2.75) is 19.7 Å². The number of amides is 1. The van der Waals surface area contributed by atoms with Crippen LogP contribution in [0.4, 0.5) is 18.9 Å². The lowest BCUT2D eigenvalue weighted by Crippen LogP contribution is -2.29. The Balaban J connectivity index is 1.88. The highest BCUT2D eigenvalue weighted by Gasteiger charge is 2.33. The SMILES string of the molecule is CCCN1C(=O)/C(=C/c2cccc(OC(F)(F)F)c2)SC1=Nc1ccc(OC)cc1. The van der Waals surface area contributed by atoms with Crippen LogP contribution in [0.1, 0.15) is 18.9 Å². The second kappa shape index (κ2) is 9.25. The van der Waals surface area contributed by atoms with Gasteiger partial charge in [-0.2, -0.15) is 0 Å². The molecule has 0 aromatic heterocycles. The molecule has 0 aliphatic carbocycles. The maximum Gasteiger partial charge on any atom is 0.573 e. The molecule has 2 aromatic carbocycles. The van der Waals surface area contributed by atoms with Crippen molar-refractivity contribution in [3.05, 3.63) is 59.0 Å². The Bertz CT molecular complexity index is 972. The highest BCUT2D eigenvalue weighted by molar-refractivity contribution is 8.18. The van der Waals surface area contributed by atoms with Crippen LogP contribution in [0, 0.1) is 0 Å². The number of hydrogen-bond donors (Lipinski definition) is 0. The van der Waals surface area contributed by atoms with Gasteiger partial charge in [0.2, 0.25) is 0 Å². The van der Waals surface area contributed by atoms with Gasteiger partial charge in [0.25, 0.3) is 5.91 Å². The van der Waals surface area contributed by atoms with Crippen LogP contribution in [0.5, 0.6) is 11.5 Å². The zero-order chi connectivity index (χ0) is 21.7. The summed E-state index contributed by atoms with van der Waals surface area (Å²) in [5.74, 6) is 0.113. The summed E-state index contributed by atoms with van der Waals surface area (Å²) in [5.41, 5.74) is 1.09. The number of hydrogen-bond acceptors (Lipinski definition) is 5. The van der Waals surface area contributed by atoms with Gasteiger partial charge in [-0.25, -0.2) is 4.99 Å². The summed E-state index contributed by atoms with van der Waals surface area (Å²) in [7, 11) is 1.57. The smallest absolute Gasteiger partial charge is 0.497 e. The number of rotatable bonds is 6. The van der Waals surface area contributed by atoms with Crippen LogP contribution in [0.3, 0.4) is 0 Å². The molecule has 30 heavy (non-hydrogen) atoms. The average Bonchev–Trinajstić information content (AvgIpc) is 2.97. The summed E-state index contributed by atoms with van der Waals surface area (Å²) in [6, 6.07) is 12.6. The Hall–Kier alpha value is -2.94. The number of methoxy groups -OCH3 is 1. The number of thioether (sulfide) groups is 1. The van der Waals surface area contributed by atoms with Crippen molar-refractivity contribution in [1.29, 1.82) is 0 Å². The van der Waals surface area contributed by atoms with Gasteiger partial charge < -0.3 is 9.47 Å². The first-order valence-corrected chi connectivity index (χ1v) is 9.90. The van der Waals surface area contributed by atoms with E-state index in [2.05, 4.69) is 9.73 Å². The van der Waals surface area contributed by atoms with Gasteiger partial charge in [-0.05, 0) is 66.2 Å². The molecule has 1 fully saturated rings. The molecular formula is C21H19F3N2O3S. The van der Waals surface area contributed by atoms with Gasteiger partial charge in [-0.1, -0.05) is 19.1 Å². The number of carbonyl (C=O) groups is 1. The third-order valence-electron chi connectivity index (χ3n) is 4.02. The summed E-state index contributed by atoms with van der Waals surface area (Å²) in [6.45, 7) is 2.43. The maximum absolute atomic E-state index is 12.8. The van der Waals surface area contributed by atoms with E-state index in [1.807, 2.05) is 6.92 Å². The minimum absolute atomic E-state index is 0.240. The molecule has 2 aromatic rings. The van der Waals surface area contributed by atoms with Crippen LogP contribution < -0.4 is 9.47 Å². The molecular weight excluding hydrogens is 417 g/mol. The Labute approximate surface area is 176 Å². The minimum Gasteiger partial charge on any atom is -0.497 e. The third-order valence-corrected chi connectivity index (χ3v) is 5.03. The molecule has 1 aliphatic rings. The van der Waals surface area contributed by atoms with E-state index < -0.39 is 6.36 Å². The van der Waals surface area contributed by atoms with E-state index in [4.69, 9.17) is 4.74 Å². The van der Waals surface area contributed by atoms with Crippen LogP contribution in [0.2, 0.25) is 0 Å². The van der Waals surface area contributed by atoms with Gasteiger partial charge >= 0.3 is 6.36 Å². The number of aliphatic imine (C=N–C) groups is 1. The van der Waals surface area contributed by atoms with Crippen LogP contribution in [-0.2, 0) is 4.79 Å². The molecule has 1 amide bonds. The molecule has 0 bridgehead atoms. The van der Waals surface area contributed by atoms with E-state index >= 15 is 0 Å². The Morgan fingerprint density at radius 2 is 1.87 bits per heavy atom. The van der Waals surface area contributed by atoms with Crippen LogP contribution in [0.25, 0.3) is 6.08 Å². The first-order valence-electron chi connectivity index (χ1n) is 9.09. The van der Waals surface area contributed by atoms with Gasteiger partial charge in [0.05, 0.1) is 17.7 Å². The molecule has 0 unspecified atom stereocenters. The van der Waals surface area contributed by atoms with Crippen LogP contribution >= 0.6 is 11.8 Å². The summed E-state index contributed by atoms with van der Waals surface area (Å²) in [6.07, 6.45) is -2.51. The molecule has 0 spiro atoms. The molecule has 0 saturated carbocycles. The number of benzene rings is 2. The summed E-state index contributed by atoms with van der Waals surface area (Å²) in [4.78, 5) is 19.3. The largest absolute Gasteiger partial charge is 0.573 e. The highest BCUT2D eigenvalue weighted by Crippen LogP contribution is 2.35. The average molecular weight is 436 g/mol. The highest BCUT2D eigenvalue weighted by atomic mass is 32.2. The fraction of sp³-hybridized carbons (Fsp3) is 0.238. The van der Waals surface area contributed by atoms with Gasteiger partial charge in [0.1, 0.15) is 11.5 Å². The van der Waals surface area contributed by atoms with E-state index in [0.29, 0.717) is 33.6 Å². The third kappa shape index (κ3) is 5.56. The second-order valence-electron chi connectivity index (χ2n) is 6.28. The summed E-state index contributed by atoms with van der Waals surface area (Å²) in [5, 5.41) is 0.515. The van der Waals surface area contributed by atoms with Gasteiger partial charge in [-0.15, -0.1) is 13.2 Å². The number of ether oxygens (including phenoxy) is 2. The normalized spacial score (nSPS) is 17.1. The fourth-order valence-corrected chi connectivity index (χ4v) is 3.76. The lowest BCUT2D eigenvalue weighted by Gasteiger charge is -2.14. The second-order valence-corrected chi connectivity index (χ2v) is 7.29. The van der Waals surface area contributed by atoms with E-state index in [0.717, 1.165) is 6.42 Å². The van der Waals surface area contributed by atoms with Gasteiger partial charge in [0.15, 0.2) is 5.17 Å². The molecule has 0 N–H and O–H groups in total. The number of nitrogens with zero attached hydrogens (tertiary/aromatic N) is 2.